The fourth-order valence-electron chi connectivity index (χ4n) is 4.58. The molecule has 27 heavy (non-hydrogen) atoms. The van der Waals surface area contributed by atoms with E-state index < -0.39 is 0 Å². The van der Waals surface area contributed by atoms with Crippen molar-refractivity contribution in [2.75, 3.05) is 18.0 Å². The minimum Gasteiger partial charge on any atom is -0.371 e. The Kier molecular flexibility index (Phi) is 4.42. The molecule has 4 nitrogen and oxygen atoms in total. The van der Waals surface area contributed by atoms with Crippen molar-refractivity contribution in [1.29, 1.82) is 0 Å². The van der Waals surface area contributed by atoms with Gasteiger partial charge in [-0.25, -0.2) is 0 Å². The molecule has 2 aromatic carbocycles. The molecule has 0 bridgehead atoms. The van der Waals surface area contributed by atoms with Gasteiger partial charge in [-0.1, -0.05) is 25.1 Å². The van der Waals surface area contributed by atoms with Crippen LogP contribution in [0.15, 0.2) is 36.4 Å². The number of aromatic nitrogens is 1. The number of anilines is 1. The van der Waals surface area contributed by atoms with Crippen LogP contribution in [0.4, 0.5) is 5.69 Å². The number of nitrogens with two attached hydrogens (primary N) is 1. The zero-order chi connectivity index (χ0) is 19.1. The van der Waals surface area contributed by atoms with Gasteiger partial charge in [-0.05, 0) is 49.9 Å². The van der Waals surface area contributed by atoms with Crippen LogP contribution in [0.3, 0.4) is 0 Å². The van der Waals surface area contributed by atoms with Gasteiger partial charge in [0.2, 0.25) is 5.91 Å². The number of nitrogens with zero attached hydrogens (tertiary/aromatic N) is 2. The number of amides is 1. The Bertz CT molecular complexity index is 1030. The summed E-state index contributed by atoms with van der Waals surface area (Å²) in [6, 6.07) is 12.4. The van der Waals surface area contributed by atoms with E-state index in [1.165, 1.54) is 35.0 Å². The molecule has 1 aromatic heterocycles. The van der Waals surface area contributed by atoms with Crippen molar-refractivity contribution in [3.63, 3.8) is 0 Å². The van der Waals surface area contributed by atoms with Crippen molar-refractivity contribution in [2.45, 2.75) is 33.1 Å². The average Bonchev–Trinajstić information content (AvgIpc) is 3.29. The highest BCUT2D eigenvalue weighted by molar-refractivity contribution is 6.08. The average molecular weight is 361 g/mol. The third-order valence-corrected chi connectivity index (χ3v) is 6.00. The van der Waals surface area contributed by atoms with Crippen LogP contribution in [-0.2, 0) is 13.5 Å². The Morgan fingerprint density at radius 3 is 2.44 bits per heavy atom. The summed E-state index contributed by atoms with van der Waals surface area (Å²) in [5, 5.41) is 1.17. The number of carbonyl (C=O) groups is 1. The molecular weight excluding hydrogens is 334 g/mol. The summed E-state index contributed by atoms with van der Waals surface area (Å²) in [6.45, 7) is 6.46. The molecule has 0 spiro atoms. The Morgan fingerprint density at radius 1 is 1.07 bits per heavy atom. The zero-order valence-corrected chi connectivity index (χ0v) is 16.4. The van der Waals surface area contributed by atoms with Crippen molar-refractivity contribution in [2.24, 2.45) is 12.8 Å². The standard InChI is InChI=1S/C23H27N3O/c1-4-16-20(26-13-7-8-14-26)12-11-18(23(24)27)22(16)21-15(2)25(3)19-10-6-5-9-17(19)21/h5-6,9-12H,4,7-8,13-14H2,1-3H3,(H2,24,27). The molecule has 0 saturated carbocycles. The van der Waals surface area contributed by atoms with Gasteiger partial charge >= 0.3 is 0 Å². The molecule has 140 valence electrons. The predicted octanol–water partition coefficient (Wildman–Crippen LogP) is 4.42. The van der Waals surface area contributed by atoms with Gasteiger partial charge in [-0.15, -0.1) is 0 Å². The topological polar surface area (TPSA) is 51.3 Å². The summed E-state index contributed by atoms with van der Waals surface area (Å²) in [4.78, 5) is 14.8. The van der Waals surface area contributed by atoms with Crippen molar-refractivity contribution in [1.82, 2.24) is 4.57 Å². The van der Waals surface area contributed by atoms with Crippen LogP contribution in [0.2, 0.25) is 0 Å². The van der Waals surface area contributed by atoms with Crippen molar-refractivity contribution in [3.8, 4) is 11.1 Å². The van der Waals surface area contributed by atoms with Gasteiger partial charge in [0.25, 0.3) is 0 Å². The maximum absolute atomic E-state index is 12.4. The number of carbonyl (C=O) groups excluding carboxylic acids is 1. The van der Waals surface area contributed by atoms with Crippen molar-refractivity contribution >= 4 is 22.5 Å². The number of para-hydroxylation sites is 1. The first-order valence-electron chi connectivity index (χ1n) is 9.79. The summed E-state index contributed by atoms with van der Waals surface area (Å²) in [6.07, 6.45) is 3.32. The predicted molar refractivity (Wildman–Crippen MR) is 112 cm³/mol. The Balaban J connectivity index is 2.09. The number of hydrogen-bond donors (Lipinski definition) is 1. The maximum Gasteiger partial charge on any atom is 0.249 e. The van der Waals surface area contributed by atoms with Gasteiger partial charge in [0.15, 0.2) is 0 Å². The second-order valence-corrected chi connectivity index (χ2v) is 7.43. The quantitative estimate of drug-likeness (QED) is 0.748. The summed E-state index contributed by atoms with van der Waals surface area (Å²) in [7, 11) is 2.08. The minimum atomic E-state index is -0.361. The molecule has 1 fully saturated rings. The SMILES string of the molecule is CCc1c(N2CCCC2)ccc(C(N)=O)c1-c1c(C)n(C)c2ccccc12. The molecule has 0 atom stereocenters. The highest BCUT2D eigenvalue weighted by Crippen LogP contribution is 2.42. The number of benzene rings is 2. The van der Waals surface area contributed by atoms with Crippen LogP contribution < -0.4 is 10.6 Å². The molecule has 1 amide bonds. The maximum atomic E-state index is 12.4. The van der Waals surface area contributed by atoms with E-state index >= 15 is 0 Å². The number of hydrogen-bond acceptors (Lipinski definition) is 2. The monoisotopic (exact) mass is 361 g/mol. The molecule has 2 heterocycles. The summed E-state index contributed by atoms with van der Waals surface area (Å²) in [5.74, 6) is -0.361. The molecule has 1 aliphatic heterocycles. The van der Waals surface area contributed by atoms with Crippen LogP contribution >= 0.6 is 0 Å². The Labute approximate surface area is 160 Å². The first-order valence-corrected chi connectivity index (χ1v) is 9.79. The molecular formula is C23H27N3O. The molecule has 4 heteroatoms. The summed E-state index contributed by atoms with van der Waals surface area (Å²) >= 11 is 0. The Morgan fingerprint density at radius 2 is 1.78 bits per heavy atom. The van der Waals surface area contributed by atoms with E-state index in [4.69, 9.17) is 5.73 Å². The van der Waals surface area contributed by atoms with Gasteiger partial charge < -0.3 is 15.2 Å². The lowest BCUT2D eigenvalue weighted by Crippen LogP contribution is -2.21. The number of rotatable bonds is 4. The number of primary amides is 1. The second-order valence-electron chi connectivity index (χ2n) is 7.43. The third kappa shape index (κ3) is 2.71. The van der Waals surface area contributed by atoms with Gasteiger partial charge in [0.1, 0.15) is 0 Å². The minimum absolute atomic E-state index is 0.361. The first kappa shape index (κ1) is 17.7. The lowest BCUT2D eigenvalue weighted by Gasteiger charge is -2.25. The van der Waals surface area contributed by atoms with Crippen LogP contribution in [0.1, 0.15) is 41.4 Å². The normalized spacial score (nSPS) is 14.3. The lowest BCUT2D eigenvalue weighted by molar-refractivity contribution is 0.100. The van der Waals surface area contributed by atoms with E-state index in [9.17, 15) is 4.79 Å². The van der Waals surface area contributed by atoms with Gasteiger partial charge in [0.05, 0.1) is 0 Å². The lowest BCUT2D eigenvalue weighted by atomic mass is 9.89. The largest absolute Gasteiger partial charge is 0.371 e. The van der Waals surface area contributed by atoms with Gasteiger partial charge in [-0.3, -0.25) is 4.79 Å². The zero-order valence-electron chi connectivity index (χ0n) is 16.4. The van der Waals surface area contributed by atoms with Crippen molar-refractivity contribution < 1.29 is 4.79 Å². The molecule has 0 radical (unpaired) electrons. The van der Waals surface area contributed by atoms with E-state index in [0.29, 0.717) is 5.56 Å². The number of aryl methyl sites for hydroxylation is 1. The molecule has 1 aliphatic rings. The molecule has 1 saturated heterocycles. The number of fused-ring (bicyclic) bond motifs is 1. The summed E-state index contributed by atoms with van der Waals surface area (Å²) < 4.78 is 2.21. The van der Waals surface area contributed by atoms with E-state index in [2.05, 4.69) is 60.7 Å². The van der Waals surface area contributed by atoms with Crippen molar-refractivity contribution in [3.05, 3.63) is 53.2 Å². The second kappa shape index (κ2) is 6.76. The van der Waals surface area contributed by atoms with E-state index in [0.717, 1.165) is 36.3 Å². The molecule has 4 rings (SSSR count). The van der Waals surface area contributed by atoms with Crippen LogP contribution in [0.5, 0.6) is 0 Å². The molecule has 3 aromatic rings. The molecule has 0 unspecified atom stereocenters. The first-order chi connectivity index (χ1) is 13.0. The summed E-state index contributed by atoms with van der Waals surface area (Å²) in [5.41, 5.74) is 13.4. The third-order valence-electron chi connectivity index (χ3n) is 6.00. The van der Waals surface area contributed by atoms with E-state index in [-0.39, 0.29) is 5.91 Å². The molecule has 0 aliphatic carbocycles. The van der Waals surface area contributed by atoms with Crippen LogP contribution in [0.25, 0.3) is 22.0 Å². The highest BCUT2D eigenvalue weighted by Gasteiger charge is 2.25. The van der Waals surface area contributed by atoms with Crippen LogP contribution in [0, 0.1) is 6.92 Å². The molecule has 2 N–H and O–H groups in total. The highest BCUT2D eigenvalue weighted by atomic mass is 16.1. The van der Waals surface area contributed by atoms with E-state index in [1.54, 1.807) is 0 Å². The Hall–Kier alpha value is -2.75. The van der Waals surface area contributed by atoms with E-state index in [1.807, 2.05) is 6.07 Å². The fourth-order valence-corrected chi connectivity index (χ4v) is 4.58. The van der Waals surface area contributed by atoms with Gasteiger partial charge in [-0.2, -0.15) is 0 Å². The smallest absolute Gasteiger partial charge is 0.249 e. The van der Waals surface area contributed by atoms with Crippen LogP contribution in [-0.4, -0.2) is 23.6 Å². The fraction of sp³-hybridized carbons (Fsp3) is 0.348. The van der Waals surface area contributed by atoms with Gasteiger partial charge in [0, 0.05) is 59.1 Å².